The van der Waals surface area contributed by atoms with Crippen LogP contribution < -0.4 is 0 Å². The van der Waals surface area contributed by atoms with E-state index < -0.39 is 35.5 Å². The Morgan fingerprint density at radius 1 is 0.929 bits per heavy atom. The molecule has 0 amide bonds. The molecule has 0 spiro atoms. The summed E-state index contributed by atoms with van der Waals surface area (Å²) in [6, 6.07) is 0. The molecule has 0 heterocycles. The highest BCUT2D eigenvalue weighted by atomic mass is 16.6. The van der Waals surface area contributed by atoms with Crippen molar-refractivity contribution in [2.75, 3.05) is 13.2 Å². The van der Waals surface area contributed by atoms with Gasteiger partial charge in [-0.1, -0.05) is 34.3 Å². The largest absolute Gasteiger partial charge is 0.461 e. The van der Waals surface area contributed by atoms with Crippen molar-refractivity contribution in [1.82, 2.24) is 0 Å². The van der Waals surface area contributed by atoms with Crippen LogP contribution in [0.25, 0.3) is 0 Å². The van der Waals surface area contributed by atoms with Gasteiger partial charge in [-0.05, 0) is 46.5 Å². The maximum Gasteiger partial charge on any atom is 0.338 e. The van der Waals surface area contributed by atoms with Gasteiger partial charge in [0.05, 0.1) is 12.2 Å². The SMILES string of the molecule is C=C(C)C(=O)OCC(CC)OC(C)(CC)C(=O)OCC(CC)OC(C)(O)CC. The van der Waals surface area contributed by atoms with Crippen LogP contribution in [-0.4, -0.2) is 53.9 Å². The van der Waals surface area contributed by atoms with E-state index in [2.05, 4.69) is 6.58 Å². The van der Waals surface area contributed by atoms with Crippen LogP contribution in [-0.2, 0) is 28.5 Å². The summed E-state index contributed by atoms with van der Waals surface area (Å²) in [4.78, 5) is 24.2. The standard InChI is InChI=1S/C21H38O7/c1-9-16(13-25-18(22)15(5)6)27-20(7,11-3)19(23)26-14-17(10-2)28-21(8,24)12-4/h16-17,24H,5,9-14H2,1-4,6-8H3. The zero-order valence-corrected chi connectivity index (χ0v) is 18.5. The predicted molar refractivity (Wildman–Crippen MR) is 107 cm³/mol. The van der Waals surface area contributed by atoms with Crippen molar-refractivity contribution < 1.29 is 33.6 Å². The monoisotopic (exact) mass is 402 g/mol. The van der Waals surface area contributed by atoms with Crippen molar-refractivity contribution in [2.24, 2.45) is 0 Å². The lowest BCUT2D eigenvalue weighted by Gasteiger charge is -2.32. The van der Waals surface area contributed by atoms with E-state index >= 15 is 0 Å². The van der Waals surface area contributed by atoms with E-state index in [9.17, 15) is 14.7 Å². The highest BCUT2D eigenvalue weighted by Crippen LogP contribution is 2.23. The molecule has 4 atom stereocenters. The fraction of sp³-hybridized carbons (Fsp3) is 0.810. The van der Waals surface area contributed by atoms with Gasteiger partial charge in [0.2, 0.25) is 0 Å². The van der Waals surface area contributed by atoms with Crippen LogP contribution in [0, 0.1) is 0 Å². The molecule has 0 aromatic carbocycles. The fourth-order valence-electron chi connectivity index (χ4n) is 2.17. The molecule has 28 heavy (non-hydrogen) atoms. The lowest BCUT2D eigenvalue weighted by molar-refractivity contribution is -0.232. The lowest BCUT2D eigenvalue weighted by Crippen LogP contribution is -2.45. The number of esters is 2. The number of aliphatic hydroxyl groups is 1. The third-order valence-electron chi connectivity index (χ3n) is 4.67. The zero-order valence-electron chi connectivity index (χ0n) is 18.5. The highest BCUT2D eigenvalue weighted by Gasteiger charge is 2.37. The Morgan fingerprint density at radius 2 is 1.43 bits per heavy atom. The van der Waals surface area contributed by atoms with Gasteiger partial charge in [0.1, 0.15) is 13.2 Å². The van der Waals surface area contributed by atoms with E-state index in [4.69, 9.17) is 18.9 Å². The molecule has 0 aromatic rings. The summed E-state index contributed by atoms with van der Waals surface area (Å²) >= 11 is 0. The number of hydrogen-bond acceptors (Lipinski definition) is 7. The number of carbonyl (C=O) groups is 2. The normalized spacial score (nSPS) is 17.7. The molecule has 0 aliphatic carbocycles. The molecule has 0 aliphatic rings. The zero-order chi connectivity index (χ0) is 22.0. The molecule has 0 rings (SSSR count). The minimum absolute atomic E-state index is 0.0197. The molecular formula is C21H38O7. The van der Waals surface area contributed by atoms with E-state index in [0.717, 1.165) is 0 Å². The van der Waals surface area contributed by atoms with Gasteiger partial charge in [0.25, 0.3) is 0 Å². The molecule has 164 valence electrons. The molecule has 0 aliphatic heterocycles. The van der Waals surface area contributed by atoms with Crippen LogP contribution in [0.1, 0.15) is 74.1 Å². The summed E-state index contributed by atoms with van der Waals surface area (Å²) in [5.74, 6) is -2.27. The molecule has 0 aromatic heterocycles. The summed E-state index contributed by atoms with van der Waals surface area (Å²) in [7, 11) is 0. The van der Waals surface area contributed by atoms with Crippen LogP contribution in [0.5, 0.6) is 0 Å². The number of ether oxygens (including phenoxy) is 4. The summed E-state index contributed by atoms with van der Waals surface area (Å²) in [5.41, 5.74) is -0.872. The third kappa shape index (κ3) is 9.17. The average Bonchev–Trinajstić information content (AvgIpc) is 2.67. The van der Waals surface area contributed by atoms with Crippen molar-refractivity contribution >= 4 is 11.9 Å². The topological polar surface area (TPSA) is 91.3 Å². The van der Waals surface area contributed by atoms with Crippen LogP contribution in [0.3, 0.4) is 0 Å². The molecule has 0 bridgehead atoms. The molecule has 1 N–H and O–H groups in total. The number of carbonyl (C=O) groups excluding carboxylic acids is 2. The Balaban J connectivity index is 4.86. The first kappa shape index (κ1) is 26.6. The number of rotatable bonds is 14. The minimum Gasteiger partial charge on any atom is -0.461 e. The Morgan fingerprint density at radius 3 is 1.86 bits per heavy atom. The Bertz CT molecular complexity index is 515. The maximum absolute atomic E-state index is 12.7. The molecule has 0 saturated heterocycles. The molecule has 4 unspecified atom stereocenters. The summed E-state index contributed by atoms with van der Waals surface area (Å²) < 4.78 is 22.1. The van der Waals surface area contributed by atoms with E-state index in [-0.39, 0.29) is 13.2 Å². The molecule has 0 fully saturated rings. The molecule has 0 radical (unpaired) electrons. The first-order valence-corrected chi connectivity index (χ1v) is 10.0. The van der Waals surface area contributed by atoms with Crippen molar-refractivity contribution in [1.29, 1.82) is 0 Å². The predicted octanol–water partition coefficient (Wildman–Crippen LogP) is 3.53. The van der Waals surface area contributed by atoms with E-state index in [1.165, 1.54) is 0 Å². The van der Waals surface area contributed by atoms with Gasteiger partial charge < -0.3 is 24.1 Å². The quantitative estimate of drug-likeness (QED) is 0.270. The van der Waals surface area contributed by atoms with Gasteiger partial charge in [-0.15, -0.1) is 0 Å². The Kier molecular flexibility index (Phi) is 11.6. The summed E-state index contributed by atoms with van der Waals surface area (Å²) in [6.45, 7) is 15.8. The van der Waals surface area contributed by atoms with Crippen LogP contribution in [0.15, 0.2) is 12.2 Å². The number of hydrogen-bond donors (Lipinski definition) is 1. The summed E-state index contributed by atoms with van der Waals surface area (Å²) in [5, 5.41) is 10.1. The van der Waals surface area contributed by atoms with Gasteiger partial charge in [-0.2, -0.15) is 0 Å². The maximum atomic E-state index is 12.7. The smallest absolute Gasteiger partial charge is 0.338 e. The Labute approximate surface area is 169 Å². The second-order valence-corrected chi connectivity index (χ2v) is 7.39. The summed E-state index contributed by atoms with van der Waals surface area (Å²) in [6.07, 6.45) is 1.10. The molecular weight excluding hydrogens is 364 g/mol. The molecule has 7 nitrogen and oxygen atoms in total. The fourth-order valence-corrected chi connectivity index (χ4v) is 2.17. The second kappa shape index (κ2) is 12.2. The Hall–Kier alpha value is -1.44. The van der Waals surface area contributed by atoms with Gasteiger partial charge in [-0.25, -0.2) is 9.59 Å². The first-order chi connectivity index (χ1) is 12.9. The molecule has 0 saturated carbocycles. The van der Waals surface area contributed by atoms with Crippen molar-refractivity contribution in [3.05, 3.63) is 12.2 Å². The van der Waals surface area contributed by atoms with Gasteiger partial charge in [0, 0.05) is 5.57 Å². The van der Waals surface area contributed by atoms with E-state index in [1.807, 2.05) is 27.7 Å². The highest BCUT2D eigenvalue weighted by molar-refractivity contribution is 5.86. The van der Waals surface area contributed by atoms with E-state index in [0.29, 0.717) is 31.3 Å². The lowest BCUT2D eigenvalue weighted by atomic mass is 10.0. The van der Waals surface area contributed by atoms with Crippen molar-refractivity contribution in [3.63, 3.8) is 0 Å². The van der Waals surface area contributed by atoms with Crippen LogP contribution >= 0.6 is 0 Å². The van der Waals surface area contributed by atoms with Crippen molar-refractivity contribution in [2.45, 2.75) is 97.7 Å². The van der Waals surface area contributed by atoms with Gasteiger partial charge in [0.15, 0.2) is 11.4 Å². The van der Waals surface area contributed by atoms with Crippen molar-refractivity contribution in [3.8, 4) is 0 Å². The second-order valence-electron chi connectivity index (χ2n) is 7.39. The first-order valence-electron chi connectivity index (χ1n) is 10.0. The van der Waals surface area contributed by atoms with Crippen LogP contribution in [0.2, 0.25) is 0 Å². The van der Waals surface area contributed by atoms with Crippen LogP contribution in [0.4, 0.5) is 0 Å². The third-order valence-corrected chi connectivity index (χ3v) is 4.67. The van der Waals surface area contributed by atoms with Gasteiger partial charge >= 0.3 is 11.9 Å². The average molecular weight is 403 g/mol. The molecule has 7 heteroatoms. The minimum atomic E-state index is -1.27. The van der Waals surface area contributed by atoms with E-state index in [1.54, 1.807) is 20.8 Å². The van der Waals surface area contributed by atoms with Gasteiger partial charge in [-0.3, -0.25) is 0 Å².